The Morgan fingerprint density at radius 2 is 2.29 bits per heavy atom. The van der Waals surface area contributed by atoms with Gasteiger partial charge in [0, 0.05) is 30.9 Å². The summed E-state index contributed by atoms with van der Waals surface area (Å²) < 4.78 is 5.04. The minimum Gasteiger partial charge on any atom is -0.496 e. The molecule has 1 heterocycles. The Morgan fingerprint density at radius 3 is 2.82 bits per heavy atom. The predicted octanol–water partition coefficient (Wildman–Crippen LogP) is 1.17. The number of β-amino-alcohol motifs (C(OH)–C–C–N with tert-alkyl or cyclic N) is 1. The maximum atomic E-state index is 10.8. The van der Waals surface area contributed by atoms with Crippen LogP contribution in [0.15, 0.2) is 18.2 Å². The summed E-state index contributed by atoms with van der Waals surface area (Å²) in [5.41, 5.74) is 0.716. The van der Waals surface area contributed by atoms with Crippen LogP contribution in [0.5, 0.6) is 5.75 Å². The van der Waals surface area contributed by atoms with Gasteiger partial charge in [-0.1, -0.05) is 0 Å². The number of anilines is 1. The zero-order chi connectivity index (χ0) is 12.4. The molecule has 6 heteroatoms. The third-order valence-electron chi connectivity index (χ3n) is 2.85. The maximum absolute atomic E-state index is 10.8. The van der Waals surface area contributed by atoms with Gasteiger partial charge >= 0.3 is 0 Å². The maximum Gasteiger partial charge on any atom is 0.275 e. The van der Waals surface area contributed by atoms with Gasteiger partial charge in [0.2, 0.25) is 0 Å². The number of aliphatic hydroxyl groups excluding tert-OH is 1. The number of aliphatic hydroxyl groups is 1. The molecule has 0 saturated carbocycles. The molecule has 6 nitrogen and oxygen atoms in total. The second kappa shape index (κ2) is 4.58. The first-order valence-corrected chi connectivity index (χ1v) is 5.36. The number of ether oxygens (including phenoxy) is 1. The van der Waals surface area contributed by atoms with Crippen LogP contribution >= 0.6 is 0 Å². The van der Waals surface area contributed by atoms with Crippen molar-refractivity contribution < 1.29 is 14.8 Å². The lowest BCUT2D eigenvalue weighted by Gasteiger charge is -2.18. The van der Waals surface area contributed by atoms with E-state index >= 15 is 0 Å². The molecule has 0 bridgehead atoms. The lowest BCUT2D eigenvalue weighted by Crippen LogP contribution is -2.21. The molecule has 1 aliphatic heterocycles. The van der Waals surface area contributed by atoms with Gasteiger partial charge in [0.1, 0.15) is 5.75 Å². The van der Waals surface area contributed by atoms with Crippen molar-refractivity contribution in [3.05, 3.63) is 28.3 Å². The highest BCUT2D eigenvalue weighted by Crippen LogP contribution is 2.30. The van der Waals surface area contributed by atoms with Crippen molar-refractivity contribution in [3.8, 4) is 5.75 Å². The first kappa shape index (κ1) is 11.7. The lowest BCUT2D eigenvalue weighted by molar-refractivity contribution is -0.384. The summed E-state index contributed by atoms with van der Waals surface area (Å²) in [7, 11) is 1.47. The van der Waals surface area contributed by atoms with Crippen molar-refractivity contribution in [3.63, 3.8) is 0 Å². The second-order valence-corrected chi connectivity index (χ2v) is 4.03. The summed E-state index contributed by atoms with van der Waals surface area (Å²) in [4.78, 5) is 12.3. The molecule has 1 saturated heterocycles. The van der Waals surface area contributed by atoms with Gasteiger partial charge in [0.05, 0.1) is 24.2 Å². The molecule has 1 fully saturated rings. The zero-order valence-electron chi connectivity index (χ0n) is 9.50. The molecular formula is C11H14N2O4. The Kier molecular flexibility index (Phi) is 3.14. The molecule has 0 unspecified atom stereocenters. The highest BCUT2D eigenvalue weighted by molar-refractivity contribution is 5.58. The highest BCUT2D eigenvalue weighted by atomic mass is 16.6. The van der Waals surface area contributed by atoms with Gasteiger partial charge in [-0.25, -0.2) is 0 Å². The van der Waals surface area contributed by atoms with Crippen LogP contribution in [0.3, 0.4) is 0 Å². The average Bonchev–Trinajstić information content (AvgIpc) is 2.75. The van der Waals surface area contributed by atoms with E-state index in [0.29, 0.717) is 30.9 Å². The van der Waals surface area contributed by atoms with Crippen LogP contribution in [0.1, 0.15) is 6.42 Å². The summed E-state index contributed by atoms with van der Waals surface area (Å²) in [6.07, 6.45) is 0.325. The lowest BCUT2D eigenvalue weighted by atomic mass is 10.2. The standard InChI is InChI=1S/C11H14N2O4/c1-17-11-5-8(4-9(6-11)13(15)16)12-3-2-10(14)7-12/h4-6,10,14H,2-3,7H2,1H3/t10-/m1/s1. The first-order valence-electron chi connectivity index (χ1n) is 5.36. The average molecular weight is 238 g/mol. The van der Waals surface area contributed by atoms with Crippen LogP contribution < -0.4 is 9.64 Å². The minimum absolute atomic E-state index is 0.000685. The van der Waals surface area contributed by atoms with Gasteiger partial charge in [0.15, 0.2) is 0 Å². The third-order valence-corrected chi connectivity index (χ3v) is 2.85. The van der Waals surface area contributed by atoms with Crippen molar-refractivity contribution in [2.24, 2.45) is 0 Å². The topological polar surface area (TPSA) is 75.8 Å². The summed E-state index contributed by atoms with van der Waals surface area (Å²) in [5, 5.41) is 20.2. The summed E-state index contributed by atoms with van der Waals surface area (Å²) >= 11 is 0. The Labute approximate surface area is 98.6 Å². The smallest absolute Gasteiger partial charge is 0.275 e. The molecule has 1 aromatic carbocycles. The van der Waals surface area contributed by atoms with E-state index in [1.807, 2.05) is 4.90 Å². The third kappa shape index (κ3) is 2.47. The molecule has 1 aliphatic rings. The largest absolute Gasteiger partial charge is 0.496 e. The summed E-state index contributed by atoms with van der Waals surface area (Å²) in [6, 6.07) is 4.63. The second-order valence-electron chi connectivity index (χ2n) is 4.03. The number of nitrogens with zero attached hydrogens (tertiary/aromatic N) is 2. The molecule has 1 atom stereocenters. The fourth-order valence-corrected chi connectivity index (χ4v) is 1.95. The fourth-order valence-electron chi connectivity index (χ4n) is 1.95. The van der Waals surface area contributed by atoms with E-state index < -0.39 is 4.92 Å². The molecule has 92 valence electrons. The number of methoxy groups -OCH3 is 1. The van der Waals surface area contributed by atoms with E-state index in [1.165, 1.54) is 19.2 Å². The van der Waals surface area contributed by atoms with Crippen LogP contribution in [0.4, 0.5) is 11.4 Å². The van der Waals surface area contributed by atoms with Gasteiger partial charge in [-0.3, -0.25) is 10.1 Å². The minimum atomic E-state index is -0.446. The summed E-state index contributed by atoms with van der Waals surface area (Å²) in [5.74, 6) is 0.454. The number of benzene rings is 1. The Balaban J connectivity index is 2.32. The Bertz CT molecular complexity index is 435. The molecule has 1 N–H and O–H groups in total. The zero-order valence-corrected chi connectivity index (χ0v) is 9.50. The molecule has 0 aromatic heterocycles. The molecule has 1 aromatic rings. The van der Waals surface area contributed by atoms with Crippen LogP contribution in [0.25, 0.3) is 0 Å². The van der Waals surface area contributed by atoms with E-state index in [9.17, 15) is 15.2 Å². The van der Waals surface area contributed by atoms with Gasteiger partial charge in [-0.15, -0.1) is 0 Å². The first-order chi connectivity index (χ1) is 8.10. The van der Waals surface area contributed by atoms with E-state index in [4.69, 9.17) is 4.74 Å². The predicted molar refractivity (Wildman–Crippen MR) is 62.5 cm³/mol. The SMILES string of the molecule is COc1cc(N2CC[C@@H](O)C2)cc([N+](=O)[O-])c1. The van der Waals surface area contributed by atoms with E-state index in [2.05, 4.69) is 0 Å². The Hall–Kier alpha value is -1.82. The molecule has 17 heavy (non-hydrogen) atoms. The van der Waals surface area contributed by atoms with Crippen molar-refractivity contribution in [1.29, 1.82) is 0 Å². The molecule has 2 rings (SSSR count). The number of rotatable bonds is 3. The normalized spacial score (nSPS) is 19.4. The van der Waals surface area contributed by atoms with Crippen LogP contribution in [-0.4, -0.2) is 36.3 Å². The number of nitro groups is 1. The van der Waals surface area contributed by atoms with Gasteiger partial charge in [0.25, 0.3) is 5.69 Å². The molecule has 0 radical (unpaired) electrons. The monoisotopic (exact) mass is 238 g/mol. The number of nitro benzene ring substituents is 1. The molecular weight excluding hydrogens is 224 g/mol. The molecule has 0 aliphatic carbocycles. The van der Waals surface area contributed by atoms with Gasteiger partial charge in [-0.05, 0) is 6.42 Å². The quantitative estimate of drug-likeness (QED) is 0.632. The van der Waals surface area contributed by atoms with Crippen molar-refractivity contribution >= 4 is 11.4 Å². The van der Waals surface area contributed by atoms with E-state index in [-0.39, 0.29) is 11.8 Å². The van der Waals surface area contributed by atoms with Crippen molar-refractivity contribution in [1.82, 2.24) is 0 Å². The fraction of sp³-hybridized carbons (Fsp3) is 0.455. The van der Waals surface area contributed by atoms with Crippen molar-refractivity contribution in [2.45, 2.75) is 12.5 Å². The molecule has 0 amide bonds. The van der Waals surface area contributed by atoms with Crippen LogP contribution in [0, 0.1) is 10.1 Å². The number of hydrogen-bond acceptors (Lipinski definition) is 5. The van der Waals surface area contributed by atoms with E-state index in [0.717, 1.165) is 0 Å². The van der Waals surface area contributed by atoms with E-state index in [1.54, 1.807) is 6.07 Å². The van der Waals surface area contributed by atoms with Gasteiger partial charge in [-0.2, -0.15) is 0 Å². The Morgan fingerprint density at radius 1 is 1.53 bits per heavy atom. The van der Waals surface area contributed by atoms with Crippen LogP contribution in [-0.2, 0) is 0 Å². The number of non-ortho nitro benzene ring substituents is 1. The highest BCUT2D eigenvalue weighted by Gasteiger charge is 2.22. The summed E-state index contributed by atoms with van der Waals surface area (Å²) in [6.45, 7) is 1.20. The van der Waals surface area contributed by atoms with Crippen LogP contribution in [0.2, 0.25) is 0 Å². The molecule has 0 spiro atoms. The number of hydrogen-bond donors (Lipinski definition) is 1. The van der Waals surface area contributed by atoms with Crippen molar-refractivity contribution in [2.75, 3.05) is 25.1 Å². The van der Waals surface area contributed by atoms with Gasteiger partial charge < -0.3 is 14.7 Å².